The second-order valence-corrected chi connectivity index (χ2v) is 7.46. The van der Waals surface area contributed by atoms with E-state index in [2.05, 4.69) is 0 Å². The number of benzene rings is 2. The van der Waals surface area contributed by atoms with Crippen LogP contribution >= 0.6 is 0 Å². The van der Waals surface area contributed by atoms with Crippen molar-refractivity contribution in [1.82, 2.24) is 0 Å². The summed E-state index contributed by atoms with van der Waals surface area (Å²) in [6.07, 6.45) is -1.64. The van der Waals surface area contributed by atoms with Crippen LogP contribution in [0.1, 0.15) is 32.8 Å². The third-order valence-electron chi connectivity index (χ3n) is 4.34. The molecular formula is C21H24F2O3. The molecule has 2 aromatic carbocycles. The van der Waals surface area contributed by atoms with E-state index < -0.39 is 29.7 Å². The maximum Gasteiger partial charge on any atom is 0.294 e. The summed E-state index contributed by atoms with van der Waals surface area (Å²) in [5.41, 5.74) is 0.210. The summed E-state index contributed by atoms with van der Waals surface area (Å²) in [7, 11) is 1.47. The van der Waals surface area contributed by atoms with Gasteiger partial charge in [-0.25, -0.2) is 8.78 Å². The molecule has 0 aromatic heterocycles. The molecule has 0 spiro atoms. The predicted octanol–water partition coefficient (Wildman–Crippen LogP) is 5.39. The topological polar surface area (TPSA) is 27.7 Å². The van der Waals surface area contributed by atoms with Crippen LogP contribution in [-0.2, 0) is 20.0 Å². The minimum atomic E-state index is -2.74. The van der Waals surface area contributed by atoms with E-state index in [1.807, 2.05) is 63.2 Å². The molecule has 0 saturated heterocycles. The monoisotopic (exact) mass is 362 g/mol. The van der Waals surface area contributed by atoms with Crippen molar-refractivity contribution in [3.05, 3.63) is 59.9 Å². The van der Waals surface area contributed by atoms with Crippen molar-refractivity contribution >= 4 is 10.8 Å². The average molecular weight is 362 g/mol. The highest BCUT2D eigenvalue weighted by molar-refractivity contribution is 5.83. The van der Waals surface area contributed by atoms with E-state index in [4.69, 9.17) is 14.2 Å². The molecule has 3 rings (SSSR count). The quantitative estimate of drug-likeness (QED) is 0.730. The van der Waals surface area contributed by atoms with Crippen molar-refractivity contribution in [2.24, 2.45) is 0 Å². The Morgan fingerprint density at radius 3 is 2.42 bits per heavy atom. The molecule has 140 valence electrons. The van der Waals surface area contributed by atoms with Crippen LogP contribution in [0.3, 0.4) is 0 Å². The van der Waals surface area contributed by atoms with Gasteiger partial charge in [0.15, 0.2) is 5.76 Å². The van der Waals surface area contributed by atoms with Crippen molar-refractivity contribution in [3.63, 3.8) is 0 Å². The Morgan fingerprint density at radius 2 is 1.81 bits per heavy atom. The number of hydrogen-bond donors (Lipinski definition) is 0. The number of hydrogen-bond acceptors (Lipinski definition) is 3. The molecule has 26 heavy (non-hydrogen) atoms. The van der Waals surface area contributed by atoms with Crippen LogP contribution < -0.4 is 0 Å². The maximum absolute atomic E-state index is 13.5. The van der Waals surface area contributed by atoms with Gasteiger partial charge in [0, 0.05) is 19.1 Å². The number of fused-ring (bicyclic) bond motifs is 1. The first-order valence-corrected chi connectivity index (χ1v) is 8.63. The van der Waals surface area contributed by atoms with E-state index in [1.54, 1.807) is 0 Å². The van der Waals surface area contributed by atoms with Crippen LogP contribution in [-0.4, -0.2) is 25.2 Å². The lowest BCUT2D eigenvalue weighted by Gasteiger charge is -2.41. The van der Waals surface area contributed by atoms with Crippen molar-refractivity contribution < 1.29 is 23.0 Å². The summed E-state index contributed by atoms with van der Waals surface area (Å²) >= 11 is 0. The van der Waals surface area contributed by atoms with E-state index in [-0.39, 0.29) is 6.42 Å². The molecule has 5 heteroatoms. The highest BCUT2D eigenvalue weighted by Crippen LogP contribution is 2.41. The van der Waals surface area contributed by atoms with Crippen LogP contribution in [0.4, 0.5) is 8.78 Å². The number of methoxy groups -OCH3 is 1. The van der Waals surface area contributed by atoms with Gasteiger partial charge in [-0.2, -0.15) is 0 Å². The zero-order valence-corrected chi connectivity index (χ0v) is 15.5. The molecule has 0 aliphatic carbocycles. The average Bonchev–Trinajstić information content (AvgIpc) is 2.59. The zero-order chi connectivity index (χ0) is 18.9. The number of rotatable bonds is 4. The fourth-order valence-electron chi connectivity index (χ4n) is 3.27. The standard InChI is InChI=1S/C21H24F2O3/c1-20(2,3)25-17-12-18(19(22)23)26-21(13-17,24-4)16-10-9-14-7-5-6-8-15(14)11-16/h5-12,17,19H,13H2,1-4H3/t17-,21+/m1/s1. The summed E-state index contributed by atoms with van der Waals surface area (Å²) < 4.78 is 44.2. The first kappa shape index (κ1) is 18.8. The van der Waals surface area contributed by atoms with Gasteiger partial charge in [-0.15, -0.1) is 0 Å². The maximum atomic E-state index is 13.5. The molecule has 0 saturated carbocycles. The Morgan fingerprint density at radius 1 is 1.12 bits per heavy atom. The van der Waals surface area contributed by atoms with E-state index in [1.165, 1.54) is 13.2 Å². The third kappa shape index (κ3) is 3.89. The summed E-state index contributed by atoms with van der Waals surface area (Å²) in [4.78, 5) is 0. The molecular weight excluding hydrogens is 338 g/mol. The number of halogens is 2. The highest BCUT2D eigenvalue weighted by Gasteiger charge is 2.44. The minimum absolute atomic E-state index is 0.287. The largest absolute Gasteiger partial charge is 0.456 e. The molecule has 3 nitrogen and oxygen atoms in total. The number of allylic oxidation sites excluding steroid dienone is 1. The molecule has 0 amide bonds. The molecule has 0 bridgehead atoms. The van der Waals surface area contributed by atoms with Crippen molar-refractivity contribution in [2.45, 2.75) is 51.1 Å². The molecule has 2 aromatic rings. The second-order valence-electron chi connectivity index (χ2n) is 7.46. The van der Waals surface area contributed by atoms with Gasteiger partial charge in [0.25, 0.3) is 6.43 Å². The molecule has 0 N–H and O–H groups in total. The molecule has 1 heterocycles. The lowest BCUT2D eigenvalue weighted by molar-refractivity contribution is -0.249. The van der Waals surface area contributed by atoms with Gasteiger partial charge in [0.2, 0.25) is 5.79 Å². The first-order chi connectivity index (χ1) is 12.2. The van der Waals surface area contributed by atoms with Crippen LogP contribution in [0.15, 0.2) is 54.3 Å². The van der Waals surface area contributed by atoms with Crippen LogP contribution in [0.25, 0.3) is 10.8 Å². The molecule has 1 aliphatic rings. The summed E-state index contributed by atoms with van der Waals surface area (Å²) in [5.74, 6) is -1.74. The Kier molecular flexibility index (Phi) is 5.04. The normalized spacial score (nSPS) is 23.8. The fourth-order valence-corrected chi connectivity index (χ4v) is 3.27. The van der Waals surface area contributed by atoms with Gasteiger partial charge in [0.05, 0.1) is 11.7 Å². The molecule has 1 aliphatic heterocycles. The van der Waals surface area contributed by atoms with Gasteiger partial charge in [-0.1, -0.05) is 36.4 Å². The van der Waals surface area contributed by atoms with E-state index in [0.717, 1.165) is 10.8 Å². The summed E-state index contributed by atoms with van der Waals surface area (Å²) in [5, 5.41) is 2.05. The third-order valence-corrected chi connectivity index (χ3v) is 4.34. The Balaban J connectivity index is 2.04. The first-order valence-electron chi connectivity index (χ1n) is 8.63. The molecule has 0 unspecified atom stereocenters. The number of ether oxygens (including phenoxy) is 3. The van der Waals surface area contributed by atoms with Gasteiger partial charge in [-0.3, -0.25) is 0 Å². The lowest BCUT2D eigenvalue weighted by atomic mass is 9.93. The van der Waals surface area contributed by atoms with Crippen LogP contribution in [0.5, 0.6) is 0 Å². The number of alkyl halides is 2. The highest BCUT2D eigenvalue weighted by atomic mass is 19.3. The van der Waals surface area contributed by atoms with Crippen molar-refractivity contribution in [2.75, 3.05) is 7.11 Å². The van der Waals surface area contributed by atoms with E-state index in [9.17, 15) is 8.78 Å². The Hall–Kier alpha value is -1.98. The fraction of sp³-hybridized carbons (Fsp3) is 0.429. The molecule has 0 fully saturated rings. The predicted molar refractivity (Wildman–Crippen MR) is 97.1 cm³/mol. The van der Waals surface area contributed by atoms with E-state index in [0.29, 0.717) is 5.56 Å². The van der Waals surface area contributed by atoms with Gasteiger partial charge >= 0.3 is 0 Å². The Labute approximate surface area is 152 Å². The molecule has 2 atom stereocenters. The zero-order valence-electron chi connectivity index (χ0n) is 15.5. The SMILES string of the molecule is CO[C@@]1(c2ccc3ccccc3c2)C[C@H](OC(C)(C)C)C=C(C(F)F)O1. The summed E-state index contributed by atoms with van der Waals surface area (Å²) in [6.45, 7) is 5.68. The van der Waals surface area contributed by atoms with Gasteiger partial charge < -0.3 is 14.2 Å². The summed E-state index contributed by atoms with van der Waals surface area (Å²) in [6, 6.07) is 13.6. The van der Waals surface area contributed by atoms with Crippen molar-refractivity contribution in [1.29, 1.82) is 0 Å². The second kappa shape index (κ2) is 6.97. The van der Waals surface area contributed by atoms with Gasteiger partial charge in [-0.05, 0) is 43.7 Å². The van der Waals surface area contributed by atoms with Gasteiger partial charge in [0.1, 0.15) is 0 Å². The lowest BCUT2D eigenvalue weighted by Crippen LogP contribution is -2.42. The van der Waals surface area contributed by atoms with Crippen LogP contribution in [0.2, 0.25) is 0 Å². The van der Waals surface area contributed by atoms with Crippen LogP contribution in [0, 0.1) is 0 Å². The van der Waals surface area contributed by atoms with Crippen molar-refractivity contribution in [3.8, 4) is 0 Å². The minimum Gasteiger partial charge on any atom is -0.456 e. The Bertz CT molecular complexity index is 810. The van der Waals surface area contributed by atoms with E-state index >= 15 is 0 Å². The smallest absolute Gasteiger partial charge is 0.294 e. The molecule has 0 radical (unpaired) electrons.